The Hall–Kier alpha value is -1.62. The predicted molar refractivity (Wildman–Crippen MR) is 82.0 cm³/mol. The van der Waals surface area contributed by atoms with E-state index < -0.39 is 5.60 Å². The summed E-state index contributed by atoms with van der Waals surface area (Å²) in [6.07, 6.45) is 1.61. The molecule has 1 saturated heterocycles. The van der Waals surface area contributed by atoms with Crippen molar-refractivity contribution in [1.29, 1.82) is 0 Å². The Morgan fingerprint density at radius 2 is 2.19 bits per heavy atom. The second-order valence-electron chi connectivity index (χ2n) is 6.65. The number of ether oxygens (including phenoxy) is 1. The van der Waals surface area contributed by atoms with Crippen molar-refractivity contribution in [3.63, 3.8) is 0 Å². The van der Waals surface area contributed by atoms with Crippen molar-refractivity contribution in [3.8, 4) is 0 Å². The van der Waals surface area contributed by atoms with Crippen LogP contribution in [0.5, 0.6) is 0 Å². The third-order valence-corrected chi connectivity index (χ3v) is 3.45. The van der Waals surface area contributed by atoms with Gasteiger partial charge in [-0.25, -0.2) is 4.79 Å². The molecule has 1 aliphatic rings. The predicted octanol–water partition coefficient (Wildman–Crippen LogP) is 2.35. The molecular formula is C16H25N3O2. The normalized spacial score (nSPS) is 15.7. The van der Waals surface area contributed by atoms with Gasteiger partial charge in [-0.3, -0.25) is 4.98 Å². The number of carbonyl (C=O) groups excluding carboxylic acids is 1. The van der Waals surface area contributed by atoms with Crippen molar-refractivity contribution in [2.45, 2.75) is 39.8 Å². The maximum atomic E-state index is 11.8. The van der Waals surface area contributed by atoms with Gasteiger partial charge in [-0.15, -0.1) is 0 Å². The minimum Gasteiger partial charge on any atom is -0.444 e. The zero-order valence-electron chi connectivity index (χ0n) is 13.3. The summed E-state index contributed by atoms with van der Waals surface area (Å²) in [5.74, 6) is 0.501. The van der Waals surface area contributed by atoms with E-state index in [1.165, 1.54) is 5.56 Å². The fraction of sp³-hybridized carbons (Fsp3) is 0.625. The number of nitrogens with zero attached hydrogens (tertiary/aromatic N) is 2. The van der Waals surface area contributed by atoms with Crippen LogP contribution in [-0.4, -0.2) is 41.2 Å². The Bertz CT molecular complexity index is 491. The topological polar surface area (TPSA) is 54.5 Å². The Balaban J connectivity index is 1.65. The highest BCUT2D eigenvalue weighted by Gasteiger charge is 2.33. The zero-order chi connectivity index (χ0) is 15.5. The monoisotopic (exact) mass is 291 g/mol. The molecule has 5 nitrogen and oxygen atoms in total. The molecule has 0 aromatic carbocycles. The molecule has 21 heavy (non-hydrogen) atoms. The smallest absolute Gasteiger partial charge is 0.410 e. The van der Waals surface area contributed by atoms with Crippen molar-refractivity contribution in [1.82, 2.24) is 15.2 Å². The molecule has 5 heteroatoms. The van der Waals surface area contributed by atoms with E-state index in [9.17, 15) is 4.79 Å². The van der Waals surface area contributed by atoms with Crippen LogP contribution in [-0.2, 0) is 11.3 Å². The first-order valence-electron chi connectivity index (χ1n) is 7.44. The van der Waals surface area contributed by atoms with Gasteiger partial charge in [-0.05, 0) is 39.3 Å². The maximum Gasteiger partial charge on any atom is 0.410 e. The number of amides is 1. The van der Waals surface area contributed by atoms with Gasteiger partial charge in [-0.1, -0.05) is 6.07 Å². The Morgan fingerprint density at radius 1 is 1.48 bits per heavy atom. The molecule has 116 valence electrons. The second kappa shape index (κ2) is 6.43. The highest BCUT2D eigenvalue weighted by atomic mass is 16.6. The Kier molecular flexibility index (Phi) is 4.83. The zero-order valence-corrected chi connectivity index (χ0v) is 13.3. The van der Waals surface area contributed by atoms with E-state index in [1.54, 1.807) is 4.90 Å². The molecule has 2 heterocycles. The first-order chi connectivity index (χ1) is 9.85. The SMILES string of the molecule is Cc1cccnc1CNCC1CN(C(=O)OC(C)(C)C)C1. The molecule has 1 amide bonds. The molecule has 0 spiro atoms. The van der Waals surface area contributed by atoms with Crippen LogP contribution in [0.25, 0.3) is 0 Å². The van der Waals surface area contributed by atoms with Crippen molar-refractivity contribution < 1.29 is 9.53 Å². The fourth-order valence-corrected chi connectivity index (χ4v) is 2.27. The quantitative estimate of drug-likeness (QED) is 0.925. The van der Waals surface area contributed by atoms with Crippen LogP contribution in [0.3, 0.4) is 0 Å². The maximum absolute atomic E-state index is 11.8. The average molecular weight is 291 g/mol. The van der Waals surface area contributed by atoms with Gasteiger partial charge >= 0.3 is 6.09 Å². The minimum absolute atomic E-state index is 0.209. The average Bonchev–Trinajstić information content (AvgIpc) is 2.31. The van der Waals surface area contributed by atoms with Crippen molar-refractivity contribution in [3.05, 3.63) is 29.6 Å². The van der Waals surface area contributed by atoms with Crippen LogP contribution >= 0.6 is 0 Å². The summed E-state index contributed by atoms with van der Waals surface area (Å²) >= 11 is 0. The third-order valence-electron chi connectivity index (χ3n) is 3.45. The fourth-order valence-electron chi connectivity index (χ4n) is 2.27. The number of nitrogens with one attached hydrogen (secondary N) is 1. The summed E-state index contributed by atoms with van der Waals surface area (Å²) in [7, 11) is 0. The lowest BCUT2D eigenvalue weighted by molar-refractivity contribution is -0.000808. The molecule has 0 radical (unpaired) electrons. The molecule has 0 aliphatic carbocycles. The largest absolute Gasteiger partial charge is 0.444 e. The first kappa shape index (κ1) is 15.8. The van der Waals surface area contributed by atoms with Crippen molar-refractivity contribution >= 4 is 6.09 Å². The van der Waals surface area contributed by atoms with Crippen LogP contribution < -0.4 is 5.32 Å². The minimum atomic E-state index is -0.420. The number of hydrogen-bond donors (Lipinski definition) is 1. The Labute approximate surface area is 126 Å². The van der Waals surface area contributed by atoms with Crippen molar-refractivity contribution in [2.24, 2.45) is 5.92 Å². The summed E-state index contributed by atoms with van der Waals surface area (Å²) in [6, 6.07) is 4.01. The number of carbonyl (C=O) groups is 1. The van der Waals surface area contributed by atoms with Gasteiger partial charge in [-0.2, -0.15) is 0 Å². The number of aryl methyl sites for hydroxylation is 1. The molecule has 1 fully saturated rings. The van der Waals surface area contributed by atoms with Gasteiger partial charge in [0.1, 0.15) is 5.60 Å². The van der Waals surface area contributed by atoms with Crippen LogP contribution in [0, 0.1) is 12.8 Å². The van der Waals surface area contributed by atoms with Gasteiger partial charge in [0.05, 0.1) is 5.69 Å². The number of likely N-dealkylation sites (tertiary alicyclic amines) is 1. The highest BCUT2D eigenvalue weighted by Crippen LogP contribution is 2.19. The molecule has 1 N–H and O–H groups in total. The lowest BCUT2D eigenvalue weighted by atomic mass is 10.0. The van der Waals surface area contributed by atoms with Gasteiger partial charge in [0, 0.05) is 38.3 Å². The van der Waals surface area contributed by atoms with Crippen LogP contribution in [0.15, 0.2) is 18.3 Å². The van der Waals surface area contributed by atoms with E-state index in [1.807, 2.05) is 33.0 Å². The number of pyridine rings is 1. The highest BCUT2D eigenvalue weighted by molar-refractivity contribution is 5.69. The van der Waals surface area contributed by atoms with E-state index in [0.29, 0.717) is 5.92 Å². The van der Waals surface area contributed by atoms with Gasteiger partial charge in [0.2, 0.25) is 0 Å². The molecule has 2 rings (SSSR count). The van der Waals surface area contributed by atoms with E-state index >= 15 is 0 Å². The van der Waals surface area contributed by atoms with Crippen LogP contribution in [0.1, 0.15) is 32.0 Å². The van der Waals surface area contributed by atoms with Gasteiger partial charge < -0.3 is 15.0 Å². The molecule has 1 aromatic heterocycles. The number of hydrogen-bond acceptors (Lipinski definition) is 4. The molecule has 0 bridgehead atoms. The van der Waals surface area contributed by atoms with E-state index in [2.05, 4.69) is 23.3 Å². The number of rotatable bonds is 4. The molecular weight excluding hydrogens is 266 g/mol. The van der Waals surface area contributed by atoms with Gasteiger partial charge in [0.25, 0.3) is 0 Å². The summed E-state index contributed by atoms with van der Waals surface area (Å²) < 4.78 is 5.34. The molecule has 0 atom stereocenters. The second-order valence-corrected chi connectivity index (χ2v) is 6.65. The molecule has 1 aliphatic heterocycles. The molecule has 0 saturated carbocycles. The lowest BCUT2D eigenvalue weighted by Crippen LogP contribution is -2.54. The number of aromatic nitrogens is 1. The Morgan fingerprint density at radius 3 is 2.81 bits per heavy atom. The van der Waals surface area contributed by atoms with Crippen LogP contribution in [0.4, 0.5) is 4.79 Å². The summed E-state index contributed by atoms with van der Waals surface area (Å²) in [5.41, 5.74) is 1.87. The van der Waals surface area contributed by atoms with Crippen LogP contribution in [0.2, 0.25) is 0 Å². The summed E-state index contributed by atoms with van der Waals surface area (Å²) in [4.78, 5) is 17.9. The molecule has 0 unspecified atom stereocenters. The van der Waals surface area contributed by atoms with Gasteiger partial charge in [0.15, 0.2) is 0 Å². The third kappa shape index (κ3) is 4.70. The van der Waals surface area contributed by atoms with E-state index in [0.717, 1.165) is 31.9 Å². The standard InChI is InChI=1S/C16H25N3O2/c1-12-6-5-7-18-14(12)9-17-8-13-10-19(11-13)15(20)21-16(2,3)4/h5-7,13,17H,8-11H2,1-4H3. The van der Waals surface area contributed by atoms with E-state index in [4.69, 9.17) is 4.74 Å². The van der Waals surface area contributed by atoms with Crippen molar-refractivity contribution in [2.75, 3.05) is 19.6 Å². The van der Waals surface area contributed by atoms with E-state index in [-0.39, 0.29) is 6.09 Å². The molecule has 1 aromatic rings. The summed E-state index contributed by atoms with van der Waals surface area (Å²) in [5, 5.41) is 3.41. The first-order valence-corrected chi connectivity index (χ1v) is 7.44. The summed E-state index contributed by atoms with van der Waals surface area (Å²) in [6.45, 7) is 10.9. The lowest BCUT2D eigenvalue weighted by Gasteiger charge is -2.39.